The summed E-state index contributed by atoms with van der Waals surface area (Å²) in [6.45, 7) is -1.56. The molecule has 0 radical (unpaired) electrons. The molecule has 3 nitrogen and oxygen atoms in total. The Hall–Kier alpha value is -0.890. The fraction of sp³-hybridized carbons (Fsp3) is 0.455. The van der Waals surface area contributed by atoms with Crippen molar-refractivity contribution in [3.05, 3.63) is 34.6 Å². The van der Waals surface area contributed by atoms with Crippen LogP contribution in [0.2, 0.25) is 5.02 Å². The van der Waals surface area contributed by atoms with E-state index in [1.165, 1.54) is 18.2 Å². The van der Waals surface area contributed by atoms with Crippen molar-refractivity contribution in [2.45, 2.75) is 18.6 Å². The number of benzene rings is 1. The maximum atomic E-state index is 12.9. The highest BCUT2D eigenvalue weighted by atomic mass is 35.5. The highest BCUT2D eigenvalue weighted by molar-refractivity contribution is 6.30. The van der Waals surface area contributed by atoms with E-state index >= 15 is 0 Å². The van der Waals surface area contributed by atoms with Gasteiger partial charge in [-0.05, 0) is 24.1 Å². The lowest BCUT2D eigenvalue weighted by molar-refractivity contribution is -0.175. The molecule has 108 valence electrons. The highest BCUT2D eigenvalue weighted by Gasteiger charge is 2.27. The predicted molar refractivity (Wildman–Crippen MR) is 63.1 cm³/mol. The number of hydrazine groups is 1. The number of ether oxygens (including phenoxy) is 1. The molecule has 1 aromatic carbocycles. The third-order valence-corrected chi connectivity index (χ3v) is 2.58. The molecule has 19 heavy (non-hydrogen) atoms. The van der Waals surface area contributed by atoms with E-state index in [0.717, 1.165) is 0 Å². The lowest BCUT2D eigenvalue weighted by Crippen LogP contribution is -2.41. The first-order valence-electron chi connectivity index (χ1n) is 5.36. The summed E-state index contributed by atoms with van der Waals surface area (Å²) in [6.07, 6.45) is -4.10. The Morgan fingerprint density at radius 2 is 2.05 bits per heavy atom. The Morgan fingerprint density at radius 1 is 1.37 bits per heavy atom. The average Bonchev–Trinajstić information content (AvgIpc) is 2.31. The summed E-state index contributed by atoms with van der Waals surface area (Å²) >= 11 is 5.60. The Labute approximate surface area is 112 Å². The zero-order valence-corrected chi connectivity index (χ0v) is 10.6. The van der Waals surface area contributed by atoms with Gasteiger partial charge in [-0.1, -0.05) is 17.7 Å². The fourth-order valence-electron chi connectivity index (χ4n) is 1.43. The van der Waals surface area contributed by atoms with Crippen molar-refractivity contribution in [3.63, 3.8) is 0 Å². The van der Waals surface area contributed by atoms with Crippen LogP contribution in [0.15, 0.2) is 18.2 Å². The van der Waals surface area contributed by atoms with Crippen LogP contribution in [0.1, 0.15) is 5.56 Å². The SMILES string of the molecule is NNC(COCC(F)(F)F)Cc1ccc(F)c(Cl)c1. The monoisotopic (exact) mass is 300 g/mol. The van der Waals surface area contributed by atoms with Gasteiger partial charge in [-0.15, -0.1) is 0 Å². The molecular formula is C11H13ClF4N2O. The molecule has 0 fully saturated rings. The van der Waals surface area contributed by atoms with Gasteiger partial charge < -0.3 is 4.74 Å². The van der Waals surface area contributed by atoms with E-state index in [1.54, 1.807) is 0 Å². The number of hydrogen-bond acceptors (Lipinski definition) is 3. The smallest absolute Gasteiger partial charge is 0.370 e. The van der Waals surface area contributed by atoms with Crippen LogP contribution in [0.4, 0.5) is 17.6 Å². The molecule has 3 N–H and O–H groups in total. The van der Waals surface area contributed by atoms with Crippen LogP contribution in [0.3, 0.4) is 0 Å². The molecule has 0 amide bonds. The standard InChI is InChI=1S/C11H13ClF4N2O/c12-9-4-7(1-2-10(9)13)3-8(18-17)5-19-6-11(14,15)16/h1-2,4,8,18H,3,5-6,17H2. The molecule has 1 rings (SSSR count). The van der Waals surface area contributed by atoms with E-state index in [4.69, 9.17) is 17.4 Å². The lowest BCUT2D eigenvalue weighted by atomic mass is 10.1. The summed E-state index contributed by atoms with van der Waals surface area (Å²) < 4.78 is 53.1. The summed E-state index contributed by atoms with van der Waals surface area (Å²) in [5.41, 5.74) is 2.99. The largest absolute Gasteiger partial charge is 0.411 e. The van der Waals surface area contributed by atoms with Gasteiger partial charge in [0.25, 0.3) is 0 Å². The predicted octanol–water partition coefficient (Wildman–Crippen LogP) is 2.43. The zero-order chi connectivity index (χ0) is 14.5. The van der Waals surface area contributed by atoms with Gasteiger partial charge in [0.1, 0.15) is 12.4 Å². The summed E-state index contributed by atoms with van der Waals surface area (Å²) in [4.78, 5) is 0. The summed E-state index contributed by atoms with van der Waals surface area (Å²) in [5.74, 6) is 4.66. The topological polar surface area (TPSA) is 47.3 Å². The van der Waals surface area contributed by atoms with E-state index < -0.39 is 24.6 Å². The first-order valence-corrected chi connectivity index (χ1v) is 5.74. The fourth-order valence-corrected chi connectivity index (χ4v) is 1.64. The van der Waals surface area contributed by atoms with Crippen molar-refractivity contribution in [1.82, 2.24) is 5.43 Å². The molecule has 0 aromatic heterocycles. The molecule has 0 bridgehead atoms. The van der Waals surface area contributed by atoms with Crippen LogP contribution in [0.5, 0.6) is 0 Å². The Bertz CT molecular complexity index is 414. The van der Waals surface area contributed by atoms with Crippen molar-refractivity contribution in [2.24, 2.45) is 5.84 Å². The van der Waals surface area contributed by atoms with Gasteiger partial charge in [-0.2, -0.15) is 13.2 Å². The van der Waals surface area contributed by atoms with Gasteiger partial charge in [-0.3, -0.25) is 11.3 Å². The molecule has 1 unspecified atom stereocenters. The van der Waals surface area contributed by atoms with Gasteiger partial charge in [0, 0.05) is 6.04 Å². The van der Waals surface area contributed by atoms with Crippen LogP contribution >= 0.6 is 11.6 Å². The molecule has 0 heterocycles. The molecule has 0 aliphatic carbocycles. The van der Waals surface area contributed by atoms with Gasteiger partial charge in [0.2, 0.25) is 0 Å². The first-order chi connectivity index (χ1) is 8.81. The van der Waals surface area contributed by atoms with Crippen LogP contribution in [-0.4, -0.2) is 25.4 Å². The Kier molecular flexibility index (Phi) is 5.99. The highest BCUT2D eigenvalue weighted by Crippen LogP contribution is 2.18. The van der Waals surface area contributed by atoms with Crippen LogP contribution in [-0.2, 0) is 11.2 Å². The van der Waals surface area contributed by atoms with Crippen molar-refractivity contribution >= 4 is 11.6 Å². The van der Waals surface area contributed by atoms with Crippen molar-refractivity contribution in [2.75, 3.05) is 13.2 Å². The van der Waals surface area contributed by atoms with Gasteiger partial charge in [-0.25, -0.2) is 4.39 Å². The Balaban J connectivity index is 2.49. The minimum atomic E-state index is -4.38. The van der Waals surface area contributed by atoms with E-state index in [0.29, 0.717) is 5.56 Å². The average molecular weight is 301 g/mol. The molecule has 1 aromatic rings. The number of rotatable bonds is 6. The van der Waals surface area contributed by atoms with Gasteiger partial charge >= 0.3 is 6.18 Å². The molecule has 0 aliphatic rings. The van der Waals surface area contributed by atoms with Crippen molar-refractivity contribution in [3.8, 4) is 0 Å². The van der Waals surface area contributed by atoms with Crippen molar-refractivity contribution < 1.29 is 22.3 Å². The van der Waals surface area contributed by atoms with Crippen LogP contribution in [0.25, 0.3) is 0 Å². The number of hydrogen-bond donors (Lipinski definition) is 2. The molecule has 0 spiro atoms. The molecule has 8 heteroatoms. The van der Waals surface area contributed by atoms with Crippen molar-refractivity contribution in [1.29, 1.82) is 0 Å². The molecule has 0 saturated carbocycles. The minimum Gasteiger partial charge on any atom is -0.370 e. The third kappa shape index (κ3) is 6.20. The second-order valence-electron chi connectivity index (χ2n) is 3.95. The summed E-state index contributed by atoms with van der Waals surface area (Å²) in [5, 5.41) is -0.0514. The van der Waals surface area contributed by atoms with E-state index in [-0.39, 0.29) is 18.1 Å². The molecule has 1 atom stereocenters. The third-order valence-electron chi connectivity index (χ3n) is 2.29. The van der Waals surface area contributed by atoms with Crippen LogP contribution in [0, 0.1) is 5.82 Å². The molecular weight excluding hydrogens is 288 g/mol. The van der Waals surface area contributed by atoms with E-state index in [2.05, 4.69) is 10.2 Å². The summed E-state index contributed by atoms with van der Waals surface area (Å²) in [7, 11) is 0. The second kappa shape index (κ2) is 7.04. The van der Waals surface area contributed by atoms with E-state index in [9.17, 15) is 17.6 Å². The summed E-state index contributed by atoms with van der Waals surface area (Å²) in [6, 6.07) is 3.53. The van der Waals surface area contributed by atoms with E-state index in [1.807, 2.05) is 0 Å². The number of alkyl halides is 3. The Morgan fingerprint density at radius 3 is 2.58 bits per heavy atom. The minimum absolute atomic E-state index is 0.0514. The van der Waals surface area contributed by atoms with Crippen LogP contribution < -0.4 is 11.3 Å². The maximum Gasteiger partial charge on any atom is 0.411 e. The van der Waals surface area contributed by atoms with Gasteiger partial charge in [0.05, 0.1) is 11.6 Å². The number of nitrogens with two attached hydrogens (primary N) is 1. The first kappa shape index (κ1) is 16.2. The quantitative estimate of drug-likeness (QED) is 0.482. The number of halogens is 5. The second-order valence-corrected chi connectivity index (χ2v) is 4.35. The zero-order valence-electron chi connectivity index (χ0n) is 9.81. The molecule has 0 saturated heterocycles. The maximum absolute atomic E-state index is 12.9. The normalized spacial score (nSPS) is 13.6. The number of nitrogens with one attached hydrogen (secondary N) is 1. The van der Waals surface area contributed by atoms with Gasteiger partial charge in [0.15, 0.2) is 0 Å². The lowest BCUT2D eigenvalue weighted by Gasteiger charge is -2.17. The molecule has 0 aliphatic heterocycles.